The fourth-order valence-electron chi connectivity index (χ4n) is 4.04. The fourth-order valence-corrected chi connectivity index (χ4v) is 4.04. The van der Waals surface area contributed by atoms with Crippen molar-refractivity contribution in [3.05, 3.63) is 48.2 Å². The Bertz CT molecular complexity index is 663. The first-order chi connectivity index (χ1) is 12.6. The summed E-state index contributed by atoms with van der Waals surface area (Å²) in [6.07, 6.45) is 5.63. The summed E-state index contributed by atoms with van der Waals surface area (Å²) >= 11 is 0. The first-order valence-electron chi connectivity index (χ1n) is 9.24. The number of fused-ring (bicyclic) bond motifs is 1. The van der Waals surface area contributed by atoms with Crippen LogP contribution in [0.15, 0.2) is 42.7 Å². The third-order valence-electron chi connectivity index (χ3n) is 5.43. The van der Waals surface area contributed by atoms with E-state index in [1.165, 1.54) is 0 Å². The molecule has 0 unspecified atom stereocenters. The number of allylic oxidation sites excluding steroid dienone is 1. The van der Waals surface area contributed by atoms with Crippen molar-refractivity contribution in [3.63, 3.8) is 0 Å². The van der Waals surface area contributed by atoms with E-state index >= 15 is 0 Å². The lowest BCUT2D eigenvalue weighted by Crippen LogP contribution is -2.41. The molecule has 2 fully saturated rings. The second-order valence-corrected chi connectivity index (χ2v) is 7.14. The summed E-state index contributed by atoms with van der Waals surface area (Å²) in [5.74, 6) is -0.611. The minimum atomic E-state index is -1.17. The maximum atomic E-state index is 12.5. The highest BCUT2D eigenvalue weighted by molar-refractivity contribution is 6.01. The summed E-state index contributed by atoms with van der Waals surface area (Å²) < 4.78 is 16.0. The Labute approximate surface area is 154 Å². The highest BCUT2D eigenvalue weighted by atomic mass is 16.6. The smallest absolute Gasteiger partial charge is 0.323 e. The topological polar surface area (TPSA) is 61.8 Å². The number of carbonyl (C=O) groups excluding carboxylic acids is 2. The SMILES string of the molecule is CCOC(=O)C1(C(=O)OCC)C[C@@H]2C[C@]2(/C=C/OCc2ccccc2)C1. The van der Waals surface area contributed by atoms with Gasteiger partial charge in [-0.3, -0.25) is 9.59 Å². The van der Waals surface area contributed by atoms with Crippen LogP contribution >= 0.6 is 0 Å². The molecule has 26 heavy (non-hydrogen) atoms. The molecule has 5 heteroatoms. The van der Waals surface area contributed by atoms with Gasteiger partial charge in [0, 0.05) is 0 Å². The average molecular weight is 358 g/mol. The molecule has 1 aromatic carbocycles. The number of ether oxygens (including phenoxy) is 3. The molecule has 3 rings (SSSR count). The van der Waals surface area contributed by atoms with E-state index in [1.807, 2.05) is 36.4 Å². The molecule has 0 aliphatic heterocycles. The van der Waals surface area contributed by atoms with Gasteiger partial charge < -0.3 is 14.2 Å². The van der Waals surface area contributed by atoms with Crippen LogP contribution in [0.5, 0.6) is 0 Å². The van der Waals surface area contributed by atoms with Crippen molar-refractivity contribution in [3.8, 4) is 0 Å². The number of hydrogen-bond donors (Lipinski definition) is 0. The van der Waals surface area contributed by atoms with Crippen LogP contribution in [0.25, 0.3) is 0 Å². The molecular formula is C21H26O5. The highest BCUT2D eigenvalue weighted by Gasteiger charge is 2.70. The predicted molar refractivity (Wildman–Crippen MR) is 95.8 cm³/mol. The molecule has 2 aliphatic carbocycles. The lowest BCUT2D eigenvalue weighted by Gasteiger charge is -2.27. The zero-order chi connectivity index (χ0) is 18.6. The Balaban J connectivity index is 1.65. The van der Waals surface area contributed by atoms with Crippen molar-refractivity contribution in [1.29, 1.82) is 0 Å². The van der Waals surface area contributed by atoms with E-state index < -0.39 is 17.4 Å². The number of rotatable bonds is 8. The number of benzene rings is 1. The van der Waals surface area contributed by atoms with Crippen LogP contribution in [0.4, 0.5) is 0 Å². The summed E-state index contributed by atoms with van der Waals surface area (Å²) in [6.45, 7) is 4.51. The summed E-state index contributed by atoms with van der Waals surface area (Å²) in [5, 5.41) is 0. The van der Waals surface area contributed by atoms with Crippen LogP contribution in [0.1, 0.15) is 38.7 Å². The van der Waals surface area contributed by atoms with Gasteiger partial charge in [-0.25, -0.2) is 0 Å². The maximum Gasteiger partial charge on any atom is 0.323 e. The zero-order valence-corrected chi connectivity index (χ0v) is 15.4. The first-order valence-corrected chi connectivity index (χ1v) is 9.24. The Morgan fingerprint density at radius 2 is 1.73 bits per heavy atom. The molecule has 1 aromatic rings. The minimum absolute atomic E-state index is 0.157. The molecular weight excluding hydrogens is 332 g/mol. The zero-order valence-electron chi connectivity index (χ0n) is 15.4. The molecule has 0 spiro atoms. The van der Waals surface area contributed by atoms with Gasteiger partial charge in [-0.2, -0.15) is 0 Å². The van der Waals surface area contributed by atoms with E-state index in [4.69, 9.17) is 14.2 Å². The lowest BCUT2D eigenvalue weighted by atomic mass is 9.80. The predicted octanol–water partition coefficient (Wildman–Crippen LogP) is 3.63. The van der Waals surface area contributed by atoms with Gasteiger partial charge in [-0.05, 0) is 56.1 Å². The van der Waals surface area contributed by atoms with Gasteiger partial charge in [0.25, 0.3) is 0 Å². The van der Waals surface area contributed by atoms with Crippen molar-refractivity contribution >= 4 is 11.9 Å². The van der Waals surface area contributed by atoms with Crippen molar-refractivity contribution in [1.82, 2.24) is 0 Å². The van der Waals surface area contributed by atoms with Gasteiger partial charge in [0.05, 0.1) is 19.5 Å². The summed E-state index contributed by atoms with van der Waals surface area (Å²) in [6, 6.07) is 9.93. The molecule has 2 atom stereocenters. The molecule has 140 valence electrons. The van der Waals surface area contributed by atoms with E-state index in [0.29, 0.717) is 25.4 Å². The highest BCUT2D eigenvalue weighted by Crippen LogP contribution is 2.70. The number of hydrogen-bond acceptors (Lipinski definition) is 5. The van der Waals surface area contributed by atoms with Crippen LogP contribution in [0, 0.1) is 16.7 Å². The van der Waals surface area contributed by atoms with Crippen molar-refractivity contribution in [2.24, 2.45) is 16.7 Å². The molecule has 2 aliphatic rings. The Morgan fingerprint density at radius 1 is 1.08 bits per heavy atom. The van der Waals surface area contributed by atoms with E-state index in [1.54, 1.807) is 20.1 Å². The summed E-state index contributed by atoms with van der Waals surface area (Å²) in [4.78, 5) is 25.1. The van der Waals surface area contributed by atoms with E-state index in [-0.39, 0.29) is 18.6 Å². The largest absolute Gasteiger partial charge is 0.497 e. The fraction of sp³-hybridized carbons (Fsp3) is 0.524. The minimum Gasteiger partial charge on any atom is -0.497 e. The van der Waals surface area contributed by atoms with Crippen LogP contribution in [-0.4, -0.2) is 25.2 Å². The van der Waals surface area contributed by atoms with E-state index in [2.05, 4.69) is 0 Å². The molecule has 0 heterocycles. The molecule has 0 N–H and O–H groups in total. The van der Waals surface area contributed by atoms with E-state index in [0.717, 1.165) is 12.0 Å². The quantitative estimate of drug-likeness (QED) is 0.403. The molecule has 0 saturated heterocycles. The van der Waals surface area contributed by atoms with Gasteiger partial charge in [-0.1, -0.05) is 30.3 Å². The van der Waals surface area contributed by atoms with Gasteiger partial charge in [0.15, 0.2) is 5.41 Å². The van der Waals surface area contributed by atoms with Gasteiger partial charge in [-0.15, -0.1) is 0 Å². The normalized spacial score (nSPS) is 25.5. The monoisotopic (exact) mass is 358 g/mol. The van der Waals surface area contributed by atoms with Crippen LogP contribution in [0.3, 0.4) is 0 Å². The third-order valence-corrected chi connectivity index (χ3v) is 5.43. The van der Waals surface area contributed by atoms with Gasteiger partial charge in [0.2, 0.25) is 0 Å². The maximum absolute atomic E-state index is 12.5. The molecule has 0 aromatic heterocycles. The Morgan fingerprint density at radius 3 is 2.35 bits per heavy atom. The summed E-state index contributed by atoms with van der Waals surface area (Å²) in [5.41, 5.74) is -0.227. The standard InChI is InChI=1S/C21H26O5/c1-3-25-18(22)21(19(23)26-4-2)13-17-12-20(17,15-21)10-11-24-14-16-8-6-5-7-9-16/h5-11,17H,3-4,12-15H2,1-2H3/b11-10+/t17-,20+/m0/s1. The van der Waals surface area contributed by atoms with Crippen molar-refractivity contribution < 1.29 is 23.8 Å². The average Bonchev–Trinajstić information content (AvgIpc) is 3.20. The van der Waals surface area contributed by atoms with E-state index in [9.17, 15) is 9.59 Å². The molecule has 2 saturated carbocycles. The third kappa shape index (κ3) is 3.48. The van der Waals surface area contributed by atoms with Gasteiger partial charge in [0.1, 0.15) is 6.61 Å². The molecule has 0 radical (unpaired) electrons. The Kier molecular flexibility index (Phi) is 5.35. The molecule has 5 nitrogen and oxygen atoms in total. The van der Waals surface area contributed by atoms with Gasteiger partial charge >= 0.3 is 11.9 Å². The molecule has 0 bridgehead atoms. The lowest BCUT2D eigenvalue weighted by molar-refractivity contribution is -0.172. The summed E-state index contributed by atoms with van der Waals surface area (Å²) in [7, 11) is 0. The van der Waals surface area contributed by atoms with Crippen LogP contribution in [0.2, 0.25) is 0 Å². The Hall–Kier alpha value is -2.30. The first kappa shape index (κ1) is 18.5. The van der Waals surface area contributed by atoms with Crippen LogP contribution in [-0.2, 0) is 30.4 Å². The van der Waals surface area contributed by atoms with Crippen molar-refractivity contribution in [2.75, 3.05) is 13.2 Å². The van der Waals surface area contributed by atoms with Crippen molar-refractivity contribution in [2.45, 2.75) is 39.7 Å². The second-order valence-electron chi connectivity index (χ2n) is 7.14. The number of esters is 2. The molecule has 0 amide bonds. The van der Waals surface area contributed by atoms with Crippen LogP contribution < -0.4 is 0 Å². The second kappa shape index (κ2) is 7.52. The number of carbonyl (C=O) groups is 2.